The number of nitrogens with one attached hydrogen (secondary N) is 1. The molecule has 0 saturated heterocycles. The molecular formula is C12H20BrN3O2S. The van der Waals surface area contributed by atoms with Crippen LogP contribution in [0.5, 0.6) is 0 Å². The summed E-state index contributed by atoms with van der Waals surface area (Å²) in [6.45, 7) is 8.30. The molecular weight excluding hydrogens is 330 g/mol. The van der Waals surface area contributed by atoms with Crippen molar-refractivity contribution in [3.05, 3.63) is 16.0 Å². The first-order valence-electron chi connectivity index (χ1n) is 6.18. The topological polar surface area (TPSA) is 72.0 Å². The molecule has 1 atom stereocenters. The first-order chi connectivity index (χ1) is 8.68. The number of hydrogen-bond donors (Lipinski definition) is 1. The van der Waals surface area contributed by atoms with Gasteiger partial charge in [0, 0.05) is 12.8 Å². The van der Waals surface area contributed by atoms with Gasteiger partial charge in [-0.05, 0) is 35.7 Å². The van der Waals surface area contributed by atoms with Gasteiger partial charge in [0.1, 0.15) is 16.9 Å². The molecule has 0 fully saturated rings. The number of sulfone groups is 1. The summed E-state index contributed by atoms with van der Waals surface area (Å²) < 4.78 is 24.1. The van der Waals surface area contributed by atoms with E-state index >= 15 is 0 Å². The maximum atomic E-state index is 11.7. The van der Waals surface area contributed by atoms with Crippen LogP contribution in [0, 0.1) is 0 Å². The van der Waals surface area contributed by atoms with Crippen LogP contribution in [-0.4, -0.2) is 31.2 Å². The summed E-state index contributed by atoms with van der Waals surface area (Å²) in [6.07, 6.45) is 1.20. The maximum Gasteiger partial charge on any atom is 0.157 e. The predicted molar refractivity (Wildman–Crippen MR) is 81.2 cm³/mol. The Bertz CT molecular complexity index is 558. The third-order valence-corrected chi connectivity index (χ3v) is 5.07. The highest BCUT2D eigenvalue weighted by Crippen LogP contribution is 2.31. The summed E-state index contributed by atoms with van der Waals surface area (Å²) in [5, 5.41) is 2.41. The van der Waals surface area contributed by atoms with Gasteiger partial charge in [-0.2, -0.15) is 0 Å². The minimum absolute atomic E-state index is 0.181. The highest BCUT2D eigenvalue weighted by atomic mass is 79.9. The quantitative estimate of drug-likeness (QED) is 0.884. The molecule has 19 heavy (non-hydrogen) atoms. The van der Waals surface area contributed by atoms with Crippen molar-refractivity contribution in [2.75, 3.05) is 18.1 Å². The van der Waals surface area contributed by atoms with Crippen molar-refractivity contribution in [1.82, 2.24) is 9.97 Å². The molecule has 0 bridgehead atoms. The molecule has 0 aliphatic rings. The van der Waals surface area contributed by atoms with E-state index in [1.54, 1.807) is 6.92 Å². The average molecular weight is 350 g/mol. The van der Waals surface area contributed by atoms with Crippen LogP contribution in [0.1, 0.15) is 50.4 Å². The van der Waals surface area contributed by atoms with E-state index in [0.717, 1.165) is 10.2 Å². The van der Waals surface area contributed by atoms with Gasteiger partial charge in [0.15, 0.2) is 9.84 Å². The standard InChI is InChI=1S/C12H20BrN3O2S/c1-6-14-12-9(13)10(7(2)3)15-11(16-12)8(4)19(5,17)18/h7-8H,6H2,1-5H3,(H,14,15,16). The van der Waals surface area contributed by atoms with Crippen LogP contribution in [0.4, 0.5) is 5.82 Å². The molecule has 0 aliphatic carbocycles. The SMILES string of the molecule is CCNc1nc(C(C)S(C)(=O)=O)nc(C(C)C)c1Br. The van der Waals surface area contributed by atoms with Gasteiger partial charge in [0.25, 0.3) is 0 Å². The molecule has 1 heterocycles. The van der Waals surface area contributed by atoms with Crippen molar-refractivity contribution in [2.24, 2.45) is 0 Å². The molecule has 1 unspecified atom stereocenters. The molecule has 0 aliphatic heterocycles. The minimum Gasteiger partial charge on any atom is -0.369 e. The van der Waals surface area contributed by atoms with Gasteiger partial charge in [-0.1, -0.05) is 13.8 Å². The number of aromatic nitrogens is 2. The molecule has 0 radical (unpaired) electrons. The number of hydrogen-bond acceptors (Lipinski definition) is 5. The number of halogens is 1. The van der Waals surface area contributed by atoms with Crippen LogP contribution in [-0.2, 0) is 9.84 Å². The summed E-state index contributed by atoms with van der Waals surface area (Å²) in [7, 11) is -3.21. The lowest BCUT2D eigenvalue weighted by atomic mass is 10.1. The second-order valence-electron chi connectivity index (χ2n) is 4.79. The van der Waals surface area contributed by atoms with E-state index in [0.29, 0.717) is 18.2 Å². The summed E-state index contributed by atoms with van der Waals surface area (Å²) >= 11 is 3.48. The van der Waals surface area contributed by atoms with E-state index in [2.05, 4.69) is 31.2 Å². The van der Waals surface area contributed by atoms with Gasteiger partial charge in [-0.15, -0.1) is 0 Å². The smallest absolute Gasteiger partial charge is 0.157 e. The van der Waals surface area contributed by atoms with Gasteiger partial charge in [0.05, 0.1) is 10.2 Å². The summed E-state index contributed by atoms with van der Waals surface area (Å²) in [5.74, 6) is 1.16. The van der Waals surface area contributed by atoms with Gasteiger partial charge in [0.2, 0.25) is 0 Å². The lowest BCUT2D eigenvalue weighted by Gasteiger charge is -2.16. The number of nitrogens with zero attached hydrogens (tertiary/aromatic N) is 2. The molecule has 5 nitrogen and oxygen atoms in total. The van der Waals surface area contributed by atoms with Crippen LogP contribution >= 0.6 is 15.9 Å². The zero-order valence-corrected chi connectivity index (χ0v) is 14.3. The molecule has 1 rings (SSSR count). The van der Waals surface area contributed by atoms with Crippen molar-refractivity contribution < 1.29 is 8.42 Å². The monoisotopic (exact) mass is 349 g/mol. The highest BCUT2D eigenvalue weighted by Gasteiger charge is 2.24. The number of rotatable bonds is 5. The average Bonchev–Trinajstić information content (AvgIpc) is 2.29. The summed E-state index contributed by atoms with van der Waals surface area (Å²) in [5.41, 5.74) is 0.816. The molecule has 1 aromatic rings. The van der Waals surface area contributed by atoms with Crippen molar-refractivity contribution >= 4 is 31.6 Å². The Morgan fingerprint density at radius 1 is 1.26 bits per heavy atom. The van der Waals surface area contributed by atoms with Gasteiger partial charge in [-0.25, -0.2) is 18.4 Å². The lowest BCUT2D eigenvalue weighted by Crippen LogP contribution is -2.15. The zero-order chi connectivity index (χ0) is 14.8. The van der Waals surface area contributed by atoms with Crippen molar-refractivity contribution in [2.45, 2.75) is 38.9 Å². The summed E-state index contributed by atoms with van der Waals surface area (Å²) in [4.78, 5) is 8.73. The van der Waals surface area contributed by atoms with E-state index in [1.807, 2.05) is 20.8 Å². The third-order valence-electron chi connectivity index (χ3n) is 2.79. The first-order valence-corrected chi connectivity index (χ1v) is 8.93. The fraction of sp³-hybridized carbons (Fsp3) is 0.667. The minimum atomic E-state index is -3.21. The second kappa shape index (κ2) is 6.17. The highest BCUT2D eigenvalue weighted by molar-refractivity contribution is 9.10. The molecule has 1 N–H and O–H groups in total. The second-order valence-corrected chi connectivity index (χ2v) is 7.95. The Morgan fingerprint density at radius 2 is 1.84 bits per heavy atom. The molecule has 0 saturated carbocycles. The first kappa shape index (κ1) is 16.4. The summed E-state index contributed by atoms with van der Waals surface area (Å²) in [6, 6.07) is 0. The fourth-order valence-electron chi connectivity index (χ4n) is 1.52. The van der Waals surface area contributed by atoms with Gasteiger partial charge >= 0.3 is 0 Å². The Balaban J connectivity index is 3.42. The molecule has 0 aromatic carbocycles. The Hall–Kier alpha value is -0.690. The Labute approximate surface area is 123 Å². The predicted octanol–water partition coefficient (Wildman–Crippen LogP) is 2.90. The molecule has 0 spiro atoms. The Morgan fingerprint density at radius 3 is 2.26 bits per heavy atom. The Kier molecular flexibility index (Phi) is 5.32. The van der Waals surface area contributed by atoms with E-state index < -0.39 is 15.1 Å². The fourth-order valence-corrected chi connectivity index (χ4v) is 2.79. The molecule has 7 heteroatoms. The molecule has 1 aromatic heterocycles. The zero-order valence-electron chi connectivity index (χ0n) is 11.9. The lowest BCUT2D eigenvalue weighted by molar-refractivity contribution is 0.588. The maximum absolute atomic E-state index is 11.7. The molecule has 108 valence electrons. The van der Waals surface area contributed by atoms with Gasteiger partial charge in [-0.3, -0.25) is 0 Å². The van der Waals surface area contributed by atoms with Crippen molar-refractivity contribution in [3.63, 3.8) is 0 Å². The van der Waals surface area contributed by atoms with Crippen molar-refractivity contribution in [3.8, 4) is 0 Å². The van der Waals surface area contributed by atoms with Crippen LogP contribution in [0.15, 0.2) is 4.47 Å². The molecule has 0 amide bonds. The van der Waals surface area contributed by atoms with E-state index in [1.165, 1.54) is 6.26 Å². The van der Waals surface area contributed by atoms with Crippen LogP contribution < -0.4 is 5.32 Å². The van der Waals surface area contributed by atoms with E-state index in [-0.39, 0.29) is 5.92 Å². The third kappa shape index (κ3) is 3.89. The number of anilines is 1. The van der Waals surface area contributed by atoms with Crippen LogP contribution in [0.2, 0.25) is 0 Å². The van der Waals surface area contributed by atoms with E-state index in [9.17, 15) is 8.42 Å². The van der Waals surface area contributed by atoms with Crippen LogP contribution in [0.3, 0.4) is 0 Å². The van der Waals surface area contributed by atoms with Gasteiger partial charge < -0.3 is 5.32 Å². The largest absolute Gasteiger partial charge is 0.369 e. The van der Waals surface area contributed by atoms with Crippen molar-refractivity contribution in [1.29, 1.82) is 0 Å². The normalized spacial score (nSPS) is 13.6. The van der Waals surface area contributed by atoms with Crippen LogP contribution in [0.25, 0.3) is 0 Å². The van der Waals surface area contributed by atoms with E-state index in [4.69, 9.17) is 0 Å².